The fourth-order valence-corrected chi connectivity index (χ4v) is 2.62. The number of thioether (sulfide) groups is 1. The number of nitrogens with two attached hydrogens (primary N) is 2. The first-order chi connectivity index (χ1) is 10.3. The molecular formula is C14H18N6OS. The number of aromatic nitrogens is 3. The summed E-state index contributed by atoms with van der Waals surface area (Å²) in [5.74, 6) is -0.0662. The number of rotatable bonds is 4. The zero-order valence-corrected chi connectivity index (χ0v) is 13.4. The van der Waals surface area contributed by atoms with Gasteiger partial charge in [0.05, 0.1) is 5.25 Å². The first-order valence-electron chi connectivity index (χ1n) is 6.67. The summed E-state index contributed by atoms with van der Waals surface area (Å²) in [6.07, 6.45) is 0. The van der Waals surface area contributed by atoms with Gasteiger partial charge in [-0.1, -0.05) is 29.5 Å². The number of hydrogen-bond donors (Lipinski definition) is 3. The third kappa shape index (κ3) is 4.08. The zero-order chi connectivity index (χ0) is 16.3. The summed E-state index contributed by atoms with van der Waals surface area (Å²) in [6.45, 7) is 5.72. The number of nitrogens with one attached hydrogen (secondary N) is 1. The maximum absolute atomic E-state index is 12.3. The van der Waals surface area contributed by atoms with Crippen molar-refractivity contribution in [1.29, 1.82) is 0 Å². The molecule has 1 aromatic carbocycles. The fraction of sp³-hybridized carbons (Fsp3) is 0.286. The molecule has 22 heavy (non-hydrogen) atoms. The SMILES string of the molecule is Cc1ccc(NC(=O)[C@@H](C)Sc2nc(N)nc(N)n2)c(C)c1. The van der Waals surface area contributed by atoms with Crippen molar-refractivity contribution in [3.8, 4) is 0 Å². The van der Waals surface area contributed by atoms with Crippen LogP contribution in [-0.2, 0) is 4.79 Å². The van der Waals surface area contributed by atoms with Crippen LogP contribution in [0.15, 0.2) is 23.4 Å². The van der Waals surface area contributed by atoms with Gasteiger partial charge in [-0.05, 0) is 32.4 Å². The van der Waals surface area contributed by atoms with Crippen LogP contribution in [0, 0.1) is 13.8 Å². The van der Waals surface area contributed by atoms with Crippen LogP contribution >= 0.6 is 11.8 Å². The summed E-state index contributed by atoms with van der Waals surface area (Å²) in [5, 5.41) is 2.82. The number of hydrogen-bond acceptors (Lipinski definition) is 7. The molecule has 5 N–H and O–H groups in total. The van der Waals surface area contributed by atoms with Crippen LogP contribution in [0.1, 0.15) is 18.1 Å². The van der Waals surface area contributed by atoms with Crippen molar-refractivity contribution in [1.82, 2.24) is 15.0 Å². The Morgan fingerprint density at radius 3 is 2.41 bits per heavy atom. The second kappa shape index (κ2) is 6.61. The number of anilines is 3. The molecule has 1 heterocycles. The van der Waals surface area contributed by atoms with E-state index in [1.54, 1.807) is 6.92 Å². The molecule has 1 aromatic heterocycles. The van der Waals surface area contributed by atoms with Gasteiger partial charge in [0.2, 0.25) is 17.8 Å². The molecule has 0 spiro atoms. The van der Waals surface area contributed by atoms with E-state index in [0.717, 1.165) is 16.8 Å². The van der Waals surface area contributed by atoms with Crippen LogP contribution in [0.25, 0.3) is 0 Å². The Kier molecular flexibility index (Phi) is 4.81. The molecule has 116 valence electrons. The normalized spacial score (nSPS) is 12.0. The minimum absolute atomic E-state index is 0.0389. The van der Waals surface area contributed by atoms with E-state index in [1.165, 1.54) is 11.8 Å². The maximum atomic E-state index is 12.3. The highest BCUT2D eigenvalue weighted by Crippen LogP contribution is 2.23. The minimum Gasteiger partial charge on any atom is -0.368 e. The topological polar surface area (TPSA) is 120 Å². The molecule has 7 nitrogen and oxygen atoms in total. The number of aryl methyl sites for hydroxylation is 2. The standard InChI is InChI=1S/C14H18N6OS/c1-7-4-5-10(8(2)6-7)17-11(21)9(3)22-14-19-12(15)18-13(16)20-14/h4-6,9H,1-3H3,(H,17,21)(H4,15,16,18,19,20)/t9-/m1/s1. The smallest absolute Gasteiger partial charge is 0.237 e. The monoisotopic (exact) mass is 318 g/mol. The quantitative estimate of drug-likeness (QED) is 0.735. The van der Waals surface area contributed by atoms with E-state index < -0.39 is 5.25 Å². The van der Waals surface area contributed by atoms with Crippen LogP contribution in [0.2, 0.25) is 0 Å². The summed E-state index contributed by atoms with van der Waals surface area (Å²) < 4.78 is 0. The molecule has 1 atom stereocenters. The van der Waals surface area contributed by atoms with Gasteiger partial charge in [-0.2, -0.15) is 15.0 Å². The van der Waals surface area contributed by atoms with Crippen molar-refractivity contribution < 1.29 is 4.79 Å². The van der Waals surface area contributed by atoms with Crippen LogP contribution < -0.4 is 16.8 Å². The van der Waals surface area contributed by atoms with E-state index >= 15 is 0 Å². The summed E-state index contributed by atoms with van der Waals surface area (Å²) in [6, 6.07) is 5.85. The van der Waals surface area contributed by atoms with Gasteiger partial charge < -0.3 is 16.8 Å². The van der Waals surface area contributed by atoms with Gasteiger partial charge in [-0.3, -0.25) is 4.79 Å². The highest BCUT2D eigenvalue weighted by molar-refractivity contribution is 8.00. The van der Waals surface area contributed by atoms with Gasteiger partial charge in [-0.15, -0.1) is 0 Å². The van der Waals surface area contributed by atoms with Crippen molar-refractivity contribution in [3.05, 3.63) is 29.3 Å². The lowest BCUT2D eigenvalue weighted by molar-refractivity contribution is -0.115. The van der Waals surface area contributed by atoms with E-state index in [4.69, 9.17) is 11.5 Å². The van der Waals surface area contributed by atoms with Gasteiger partial charge in [0, 0.05) is 5.69 Å². The predicted octanol–water partition coefficient (Wildman–Crippen LogP) is 1.77. The van der Waals surface area contributed by atoms with Crippen LogP contribution in [0.3, 0.4) is 0 Å². The number of nitrogens with zero attached hydrogens (tertiary/aromatic N) is 3. The number of nitrogen functional groups attached to an aromatic ring is 2. The first-order valence-corrected chi connectivity index (χ1v) is 7.55. The van der Waals surface area contributed by atoms with E-state index in [-0.39, 0.29) is 17.8 Å². The van der Waals surface area contributed by atoms with Gasteiger partial charge in [0.25, 0.3) is 0 Å². The lowest BCUT2D eigenvalue weighted by Gasteiger charge is -2.13. The molecule has 0 unspecified atom stereocenters. The molecule has 0 bridgehead atoms. The molecular weight excluding hydrogens is 300 g/mol. The third-order valence-corrected chi connectivity index (χ3v) is 3.90. The van der Waals surface area contributed by atoms with Crippen molar-refractivity contribution in [2.75, 3.05) is 16.8 Å². The average Bonchev–Trinajstić information content (AvgIpc) is 2.40. The fourth-order valence-electron chi connectivity index (χ4n) is 1.84. The molecule has 0 aliphatic rings. The largest absolute Gasteiger partial charge is 0.368 e. The molecule has 2 rings (SSSR count). The Morgan fingerprint density at radius 1 is 1.18 bits per heavy atom. The molecule has 1 amide bonds. The second-order valence-electron chi connectivity index (χ2n) is 4.90. The Bertz CT molecular complexity index is 685. The van der Waals surface area contributed by atoms with Crippen molar-refractivity contribution >= 4 is 35.3 Å². The molecule has 0 saturated heterocycles. The van der Waals surface area contributed by atoms with E-state index in [9.17, 15) is 4.79 Å². The highest BCUT2D eigenvalue weighted by Gasteiger charge is 2.17. The van der Waals surface area contributed by atoms with Gasteiger partial charge >= 0.3 is 0 Å². The average molecular weight is 318 g/mol. The molecule has 0 aliphatic heterocycles. The van der Waals surface area contributed by atoms with E-state index in [1.807, 2.05) is 32.0 Å². The maximum Gasteiger partial charge on any atom is 0.237 e. The zero-order valence-electron chi connectivity index (χ0n) is 12.6. The van der Waals surface area contributed by atoms with E-state index in [0.29, 0.717) is 5.16 Å². The summed E-state index contributed by atoms with van der Waals surface area (Å²) >= 11 is 1.17. The summed E-state index contributed by atoms with van der Waals surface area (Å²) in [4.78, 5) is 23.9. The predicted molar refractivity (Wildman–Crippen MR) is 88.5 cm³/mol. The van der Waals surface area contributed by atoms with Gasteiger partial charge in [0.1, 0.15) is 0 Å². The third-order valence-electron chi connectivity index (χ3n) is 2.94. The lowest BCUT2D eigenvalue weighted by Crippen LogP contribution is -2.23. The number of carbonyl (C=O) groups is 1. The van der Waals surface area contributed by atoms with E-state index in [2.05, 4.69) is 20.3 Å². The van der Waals surface area contributed by atoms with Crippen molar-refractivity contribution in [2.45, 2.75) is 31.2 Å². The molecule has 0 saturated carbocycles. The second-order valence-corrected chi connectivity index (χ2v) is 6.21. The number of carbonyl (C=O) groups excluding carboxylic acids is 1. The summed E-state index contributed by atoms with van der Waals surface area (Å²) in [5.41, 5.74) is 14.0. The molecule has 0 aliphatic carbocycles. The van der Waals surface area contributed by atoms with Crippen molar-refractivity contribution in [2.24, 2.45) is 0 Å². The van der Waals surface area contributed by atoms with Crippen molar-refractivity contribution in [3.63, 3.8) is 0 Å². The van der Waals surface area contributed by atoms with Gasteiger partial charge in [-0.25, -0.2) is 0 Å². The minimum atomic E-state index is -0.401. The highest BCUT2D eigenvalue weighted by atomic mass is 32.2. The molecule has 2 aromatic rings. The Labute approximate surface area is 132 Å². The van der Waals surface area contributed by atoms with Crippen LogP contribution in [0.4, 0.5) is 17.6 Å². The Hall–Kier alpha value is -2.35. The van der Waals surface area contributed by atoms with Gasteiger partial charge in [0.15, 0.2) is 5.16 Å². The molecule has 0 radical (unpaired) electrons. The number of benzene rings is 1. The summed E-state index contributed by atoms with van der Waals surface area (Å²) in [7, 11) is 0. The lowest BCUT2D eigenvalue weighted by atomic mass is 10.1. The van der Waals surface area contributed by atoms with Crippen LogP contribution in [0.5, 0.6) is 0 Å². The van der Waals surface area contributed by atoms with Crippen LogP contribution in [-0.4, -0.2) is 26.1 Å². The first kappa shape index (κ1) is 16.0. The number of amides is 1. The Balaban J connectivity index is 2.05. The molecule has 8 heteroatoms. The Morgan fingerprint density at radius 2 is 1.82 bits per heavy atom. The molecule has 0 fully saturated rings.